The van der Waals surface area contributed by atoms with Crippen LogP contribution in [0.15, 0.2) is 0 Å². The van der Waals surface area contributed by atoms with Crippen molar-refractivity contribution < 1.29 is 8.78 Å². The van der Waals surface area contributed by atoms with E-state index in [2.05, 4.69) is 38.8 Å². The first-order valence-electron chi connectivity index (χ1n) is 5.32. The standard InChI is InChI=1S/C10H16Br2Cl2F2/c1-2-3-4-5-6-7-8(13)9(11,14)10(12,15)16/h8H,2-7H2,1H3. The molecule has 0 aromatic rings. The fourth-order valence-corrected chi connectivity index (χ4v) is 2.32. The number of hydrogen-bond donors (Lipinski definition) is 0. The lowest BCUT2D eigenvalue weighted by Gasteiger charge is -2.29. The molecule has 0 saturated heterocycles. The highest BCUT2D eigenvalue weighted by atomic mass is 79.9. The van der Waals surface area contributed by atoms with Gasteiger partial charge in [0.1, 0.15) is 0 Å². The molecular formula is C10H16Br2Cl2F2. The van der Waals surface area contributed by atoms with E-state index in [4.69, 9.17) is 23.2 Å². The van der Waals surface area contributed by atoms with Crippen LogP contribution in [0.25, 0.3) is 0 Å². The fraction of sp³-hybridized carbons (Fsp3) is 1.00. The predicted molar refractivity (Wildman–Crippen MR) is 74.4 cm³/mol. The maximum atomic E-state index is 13.0. The van der Waals surface area contributed by atoms with Crippen molar-refractivity contribution in [1.29, 1.82) is 0 Å². The molecule has 2 unspecified atom stereocenters. The van der Waals surface area contributed by atoms with Crippen molar-refractivity contribution in [3.05, 3.63) is 0 Å². The maximum Gasteiger partial charge on any atom is 0.331 e. The van der Waals surface area contributed by atoms with Gasteiger partial charge in [-0.3, -0.25) is 0 Å². The highest BCUT2D eigenvalue weighted by Gasteiger charge is 2.53. The maximum absolute atomic E-state index is 13.0. The van der Waals surface area contributed by atoms with E-state index in [-0.39, 0.29) is 0 Å². The summed E-state index contributed by atoms with van der Waals surface area (Å²) in [4.78, 5) is -3.22. The van der Waals surface area contributed by atoms with Gasteiger partial charge in [-0.1, -0.05) is 66.6 Å². The summed E-state index contributed by atoms with van der Waals surface area (Å²) in [6.07, 6.45) is 5.73. The van der Waals surface area contributed by atoms with Gasteiger partial charge in [-0.15, -0.1) is 11.6 Å². The Morgan fingerprint density at radius 2 is 1.62 bits per heavy atom. The molecule has 0 aromatic carbocycles. The third kappa shape index (κ3) is 5.83. The zero-order valence-corrected chi connectivity index (χ0v) is 13.8. The minimum Gasteiger partial charge on any atom is -0.191 e. The summed E-state index contributed by atoms with van der Waals surface area (Å²) < 4.78 is 24.1. The average Bonchev–Trinajstić information content (AvgIpc) is 2.15. The Kier molecular flexibility index (Phi) is 8.43. The molecule has 0 amide bonds. The van der Waals surface area contributed by atoms with Crippen LogP contribution in [-0.4, -0.2) is 14.0 Å². The van der Waals surface area contributed by atoms with Crippen LogP contribution in [0, 0.1) is 0 Å². The highest BCUT2D eigenvalue weighted by molar-refractivity contribution is 9.13. The molecule has 0 spiro atoms. The van der Waals surface area contributed by atoms with Crippen LogP contribution in [0.3, 0.4) is 0 Å². The van der Waals surface area contributed by atoms with Crippen LogP contribution in [0.4, 0.5) is 8.78 Å². The van der Waals surface area contributed by atoms with E-state index in [1.54, 1.807) is 0 Å². The van der Waals surface area contributed by atoms with Gasteiger partial charge >= 0.3 is 4.83 Å². The van der Waals surface area contributed by atoms with Crippen LogP contribution in [0.1, 0.15) is 45.4 Å². The second-order valence-electron chi connectivity index (χ2n) is 3.79. The minimum atomic E-state index is -3.22. The van der Waals surface area contributed by atoms with Crippen molar-refractivity contribution in [1.82, 2.24) is 0 Å². The summed E-state index contributed by atoms with van der Waals surface area (Å²) in [5.41, 5.74) is 0. The van der Waals surface area contributed by atoms with E-state index in [1.807, 2.05) is 0 Å². The van der Waals surface area contributed by atoms with E-state index in [1.165, 1.54) is 6.42 Å². The SMILES string of the molecule is CCCCCCCC(Cl)C(Cl)(Br)C(F)(F)Br. The molecule has 0 aliphatic heterocycles. The van der Waals surface area contributed by atoms with Crippen molar-refractivity contribution >= 4 is 55.1 Å². The molecule has 0 bridgehead atoms. The van der Waals surface area contributed by atoms with Gasteiger partial charge in [0, 0.05) is 0 Å². The largest absolute Gasteiger partial charge is 0.331 e. The van der Waals surface area contributed by atoms with Gasteiger partial charge in [-0.25, -0.2) is 0 Å². The lowest BCUT2D eigenvalue weighted by atomic mass is 10.1. The Morgan fingerprint density at radius 1 is 1.12 bits per heavy atom. The first-order valence-corrected chi connectivity index (χ1v) is 7.72. The second kappa shape index (κ2) is 7.75. The zero-order valence-electron chi connectivity index (χ0n) is 9.09. The summed E-state index contributed by atoms with van der Waals surface area (Å²) in [5, 5.41) is -0.815. The molecule has 0 fully saturated rings. The molecule has 0 heterocycles. The van der Waals surface area contributed by atoms with E-state index in [0.29, 0.717) is 6.42 Å². The first kappa shape index (κ1) is 17.4. The molecule has 0 aliphatic rings. The third-order valence-electron chi connectivity index (χ3n) is 2.33. The quantitative estimate of drug-likeness (QED) is 0.330. The summed E-state index contributed by atoms with van der Waals surface area (Å²) in [6.45, 7) is 2.12. The number of hydrogen-bond acceptors (Lipinski definition) is 0. The molecule has 6 heteroatoms. The Morgan fingerprint density at radius 3 is 2.06 bits per heavy atom. The summed E-state index contributed by atoms with van der Waals surface area (Å²) in [6, 6.07) is 0. The van der Waals surface area contributed by atoms with E-state index < -0.39 is 14.0 Å². The molecule has 0 saturated carbocycles. The summed E-state index contributed by atoms with van der Waals surface area (Å²) in [7, 11) is 0. The molecular weight excluding hydrogens is 389 g/mol. The van der Waals surface area contributed by atoms with Gasteiger partial charge in [0.2, 0.25) is 0 Å². The van der Waals surface area contributed by atoms with Crippen molar-refractivity contribution in [3.8, 4) is 0 Å². The number of alkyl halides is 6. The van der Waals surface area contributed by atoms with Crippen LogP contribution in [-0.2, 0) is 0 Å². The van der Waals surface area contributed by atoms with Gasteiger partial charge in [-0.05, 0) is 22.4 Å². The molecule has 16 heavy (non-hydrogen) atoms. The Balaban J connectivity index is 3.92. The van der Waals surface area contributed by atoms with Gasteiger partial charge in [-0.2, -0.15) is 8.78 Å². The Labute approximate surface area is 123 Å². The molecule has 0 rings (SSSR count). The highest BCUT2D eigenvalue weighted by Crippen LogP contribution is 2.50. The summed E-state index contributed by atoms with van der Waals surface area (Å²) in [5.74, 6) is 0. The van der Waals surface area contributed by atoms with Crippen LogP contribution in [0.2, 0.25) is 0 Å². The van der Waals surface area contributed by atoms with E-state index in [9.17, 15) is 8.78 Å². The predicted octanol–water partition coefficient (Wildman–Crippen LogP) is 6.27. The van der Waals surface area contributed by atoms with Gasteiger partial charge in [0.05, 0.1) is 5.38 Å². The number of unbranched alkanes of at least 4 members (excludes halogenated alkanes) is 4. The lowest BCUT2D eigenvalue weighted by molar-refractivity contribution is 0.0969. The Hall–Kier alpha value is 1.40. The van der Waals surface area contributed by atoms with Gasteiger partial charge in [0.25, 0.3) is 0 Å². The molecule has 0 N–H and O–H groups in total. The molecule has 0 aromatic heterocycles. The topological polar surface area (TPSA) is 0 Å². The van der Waals surface area contributed by atoms with Crippen LogP contribution < -0.4 is 0 Å². The Bertz CT molecular complexity index is 196. The normalized spacial score (nSPS) is 18.2. The molecule has 0 radical (unpaired) electrons. The van der Waals surface area contributed by atoms with Crippen molar-refractivity contribution in [2.45, 2.75) is 59.4 Å². The smallest absolute Gasteiger partial charge is 0.191 e. The van der Waals surface area contributed by atoms with Crippen molar-refractivity contribution in [2.75, 3.05) is 0 Å². The monoisotopic (exact) mass is 402 g/mol. The second-order valence-corrected chi connectivity index (χ2v) is 7.62. The van der Waals surface area contributed by atoms with E-state index in [0.717, 1.165) is 25.7 Å². The zero-order chi connectivity index (χ0) is 12.8. The third-order valence-corrected chi connectivity index (χ3v) is 6.19. The fourth-order valence-electron chi connectivity index (χ4n) is 1.29. The first-order chi connectivity index (χ1) is 7.23. The van der Waals surface area contributed by atoms with Gasteiger partial charge in [0.15, 0.2) is 3.78 Å². The average molecular weight is 405 g/mol. The molecule has 0 aliphatic carbocycles. The molecule has 98 valence electrons. The number of halogens is 6. The lowest BCUT2D eigenvalue weighted by Crippen LogP contribution is -2.40. The van der Waals surface area contributed by atoms with Gasteiger partial charge < -0.3 is 0 Å². The van der Waals surface area contributed by atoms with Crippen molar-refractivity contribution in [2.24, 2.45) is 0 Å². The summed E-state index contributed by atoms with van der Waals surface area (Å²) >= 11 is 16.6. The minimum absolute atomic E-state index is 0.473. The van der Waals surface area contributed by atoms with E-state index >= 15 is 0 Å². The number of rotatable bonds is 8. The molecule has 0 nitrogen and oxygen atoms in total. The van der Waals surface area contributed by atoms with Crippen LogP contribution in [0.5, 0.6) is 0 Å². The molecule has 2 atom stereocenters. The van der Waals surface area contributed by atoms with Crippen molar-refractivity contribution in [3.63, 3.8) is 0 Å². The van der Waals surface area contributed by atoms with Crippen LogP contribution >= 0.6 is 55.1 Å².